The first-order valence-corrected chi connectivity index (χ1v) is 6.65. The molecule has 0 bridgehead atoms. The maximum atomic E-state index is 12.2. The molecule has 0 aromatic carbocycles. The Morgan fingerprint density at radius 1 is 1.41 bits per heavy atom. The van der Waals surface area contributed by atoms with Crippen molar-refractivity contribution in [3.05, 3.63) is 0 Å². The quantitative estimate of drug-likeness (QED) is 0.712. The third kappa shape index (κ3) is 4.09. The molecular formula is C8H15F3N2O3S. The highest BCUT2D eigenvalue weighted by Gasteiger charge is 2.40. The van der Waals surface area contributed by atoms with Crippen LogP contribution in [0, 0.1) is 0 Å². The van der Waals surface area contributed by atoms with Crippen molar-refractivity contribution in [2.75, 3.05) is 32.8 Å². The number of halogens is 3. The molecule has 0 radical (unpaired) electrons. The van der Waals surface area contributed by atoms with Crippen LogP contribution in [0.2, 0.25) is 0 Å². The summed E-state index contributed by atoms with van der Waals surface area (Å²) in [6.45, 7) is -2.08. The van der Waals surface area contributed by atoms with Crippen LogP contribution in [-0.2, 0) is 10.0 Å². The van der Waals surface area contributed by atoms with Gasteiger partial charge in [0.1, 0.15) is 6.54 Å². The monoisotopic (exact) mass is 276 g/mol. The Balaban J connectivity index is 2.81. The smallest absolute Gasteiger partial charge is 0.395 e. The predicted molar refractivity (Wildman–Crippen MR) is 54.9 cm³/mol. The molecule has 0 aromatic heterocycles. The molecule has 1 atom stereocenters. The zero-order valence-corrected chi connectivity index (χ0v) is 9.89. The van der Waals surface area contributed by atoms with Crippen molar-refractivity contribution < 1.29 is 26.7 Å². The number of rotatable bonds is 5. The van der Waals surface area contributed by atoms with Crippen LogP contribution < -0.4 is 5.32 Å². The summed E-state index contributed by atoms with van der Waals surface area (Å²) >= 11 is 0. The molecule has 1 rings (SSSR count). The molecule has 9 heteroatoms. The van der Waals surface area contributed by atoms with E-state index in [4.69, 9.17) is 5.11 Å². The second-order valence-electron chi connectivity index (χ2n) is 3.83. The maximum Gasteiger partial charge on any atom is 0.402 e. The summed E-state index contributed by atoms with van der Waals surface area (Å²) < 4.78 is 60.8. The van der Waals surface area contributed by atoms with Crippen molar-refractivity contribution in [3.63, 3.8) is 0 Å². The first-order valence-electron chi connectivity index (χ1n) is 5.14. The average Bonchev–Trinajstić information content (AvgIpc) is 2.68. The lowest BCUT2D eigenvalue weighted by molar-refractivity contribution is -0.136. The van der Waals surface area contributed by atoms with Gasteiger partial charge < -0.3 is 10.4 Å². The number of sulfonamides is 1. The fourth-order valence-corrected chi connectivity index (χ4v) is 3.53. The van der Waals surface area contributed by atoms with Crippen LogP contribution in [0.15, 0.2) is 0 Å². The van der Waals surface area contributed by atoms with E-state index in [-0.39, 0.29) is 6.54 Å². The lowest BCUT2D eigenvalue weighted by atomic mass is 10.4. The normalized spacial score (nSPS) is 22.3. The minimum Gasteiger partial charge on any atom is -0.395 e. The Hall–Kier alpha value is -0.380. The minimum absolute atomic E-state index is 0.155. The second-order valence-corrected chi connectivity index (χ2v) is 6.05. The van der Waals surface area contributed by atoms with E-state index in [1.54, 1.807) is 0 Å². The van der Waals surface area contributed by atoms with E-state index in [0.717, 1.165) is 0 Å². The Morgan fingerprint density at radius 2 is 2.06 bits per heavy atom. The van der Waals surface area contributed by atoms with Gasteiger partial charge in [-0.1, -0.05) is 0 Å². The van der Waals surface area contributed by atoms with Gasteiger partial charge in [0, 0.05) is 13.1 Å². The second kappa shape index (κ2) is 5.51. The average molecular weight is 276 g/mol. The molecule has 1 heterocycles. The molecular weight excluding hydrogens is 261 g/mol. The summed E-state index contributed by atoms with van der Waals surface area (Å²) in [5.41, 5.74) is 0. The zero-order chi connectivity index (χ0) is 13.1. The van der Waals surface area contributed by atoms with Gasteiger partial charge in [0.2, 0.25) is 10.0 Å². The highest BCUT2D eigenvalue weighted by molar-refractivity contribution is 7.89. The summed E-state index contributed by atoms with van der Waals surface area (Å²) in [5, 5.41) is 10.6. The molecule has 5 nitrogen and oxygen atoms in total. The molecule has 0 aromatic rings. The molecule has 0 amide bonds. The van der Waals surface area contributed by atoms with Crippen molar-refractivity contribution in [3.8, 4) is 0 Å². The molecule has 102 valence electrons. The van der Waals surface area contributed by atoms with Crippen molar-refractivity contribution in [2.45, 2.75) is 17.8 Å². The van der Waals surface area contributed by atoms with Crippen molar-refractivity contribution in [1.29, 1.82) is 0 Å². The van der Waals surface area contributed by atoms with E-state index in [1.165, 1.54) is 0 Å². The van der Waals surface area contributed by atoms with E-state index in [9.17, 15) is 21.6 Å². The first kappa shape index (κ1) is 14.7. The SMILES string of the molecule is O=S(=O)(C1CCNC1)N(CCO)CC(F)(F)F. The summed E-state index contributed by atoms with van der Waals surface area (Å²) in [6, 6.07) is 0. The molecule has 1 aliphatic heterocycles. The third-order valence-corrected chi connectivity index (χ3v) is 4.78. The number of hydrogen-bond acceptors (Lipinski definition) is 4. The molecule has 1 fully saturated rings. The highest BCUT2D eigenvalue weighted by atomic mass is 32.2. The molecule has 2 N–H and O–H groups in total. The zero-order valence-electron chi connectivity index (χ0n) is 9.07. The fourth-order valence-electron chi connectivity index (χ4n) is 1.70. The Kier molecular flexibility index (Phi) is 4.76. The van der Waals surface area contributed by atoms with E-state index in [1.807, 2.05) is 0 Å². The number of hydrogen-bond donors (Lipinski definition) is 2. The topological polar surface area (TPSA) is 69.6 Å². The van der Waals surface area contributed by atoms with Crippen LogP contribution in [-0.4, -0.2) is 62.0 Å². The Bertz CT molecular complexity index is 338. The number of alkyl halides is 3. The van der Waals surface area contributed by atoms with Gasteiger partial charge in [0.05, 0.1) is 11.9 Å². The van der Waals surface area contributed by atoms with Gasteiger partial charge >= 0.3 is 6.18 Å². The number of aliphatic hydroxyl groups excluding tert-OH is 1. The van der Waals surface area contributed by atoms with E-state index < -0.39 is 41.1 Å². The van der Waals surface area contributed by atoms with E-state index in [2.05, 4.69) is 5.32 Å². The number of nitrogens with zero attached hydrogens (tertiary/aromatic N) is 1. The van der Waals surface area contributed by atoms with Gasteiger partial charge in [-0.15, -0.1) is 0 Å². The lowest BCUT2D eigenvalue weighted by Crippen LogP contribution is -2.45. The lowest BCUT2D eigenvalue weighted by Gasteiger charge is -2.25. The number of nitrogens with one attached hydrogen (secondary N) is 1. The van der Waals surface area contributed by atoms with Crippen molar-refractivity contribution in [2.24, 2.45) is 0 Å². The predicted octanol–water partition coefficient (Wildman–Crippen LogP) is -0.465. The van der Waals surface area contributed by atoms with Crippen LogP contribution in [0.3, 0.4) is 0 Å². The van der Waals surface area contributed by atoms with Crippen LogP contribution in [0.5, 0.6) is 0 Å². The summed E-state index contributed by atoms with van der Waals surface area (Å²) in [4.78, 5) is 0. The van der Waals surface area contributed by atoms with Gasteiger partial charge in [0.25, 0.3) is 0 Å². The van der Waals surface area contributed by atoms with Gasteiger partial charge in [0.15, 0.2) is 0 Å². The van der Waals surface area contributed by atoms with Gasteiger partial charge in [-0.2, -0.15) is 17.5 Å². The minimum atomic E-state index is -4.60. The summed E-state index contributed by atoms with van der Waals surface area (Å²) in [5.74, 6) is 0. The molecule has 1 unspecified atom stereocenters. The number of aliphatic hydroxyl groups is 1. The molecule has 17 heavy (non-hydrogen) atoms. The largest absolute Gasteiger partial charge is 0.402 e. The standard InChI is InChI=1S/C8H15F3N2O3S/c9-8(10,11)6-13(3-4-14)17(15,16)7-1-2-12-5-7/h7,12,14H,1-6H2. The van der Waals surface area contributed by atoms with E-state index >= 15 is 0 Å². The van der Waals surface area contributed by atoms with Gasteiger partial charge in [-0.05, 0) is 13.0 Å². The molecule has 0 aliphatic carbocycles. The molecule has 0 saturated carbocycles. The Labute approximate surface area is 97.6 Å². The molecule has 1 aliphatic rings. The fraction of sp³-hybridized carbons (Fsp3) is 1.00. The van der Waals surface area contributed by atoms with Crippen molar-refractivity contribution >= 4 is 10.0 Å². The summed E-state index contributed by atoms with van der Waals surface area (Å²) in [7, 11) is -4.01. The van der Waals surface area contributed by atoms with Crippen molar-refractivity contribution in [1.82, 2.24) is 9.62 Å². The first-order chi connectivity index (χ1) is 7.77. The molecule has 1 saturated heterocycles. The van der Waals surface area contributed by atoms with Crippen LogP contribution in [0.4, 0.5) is 13.2 Å². The third-order valence-electron chi connectivity index (χ3n) is 2.50. The van der Waals surface area contributed by atoms with Crippen LogP contribution >= 0.6 is 0 Å². The Morgan fingerprint density at radius 3 is 2.47 bits per heavy atom. The van der Waals surface area contributed by atoms with Crippen LogP contribution in [0.1, 0.15) is 6.42 Å². The van der Waals surface area contributed by atoms with Crippen LogP contribution in [0.25, 0.3) is 0 Å². The highest BCUT2D eigenvalue weighted by Crippen LogP contribution is 2.22. The van der Waals surface area contributed by atoms with Gasteiger partial charge in [-0.25, -0.2) is 8.42 Å². The summed E-state index contributed by atoms with van der Waals surface area (Å²) in [6.07, 6.45) is -4.31. The molecule has 0 spiro atoms. The van der Waals surface area contributed by atoms with Gasteiger partial charge in [-0.3, -0.25) is 0 Å². The maximum absolute atomic E-state index is 12.2. The van der Waals surface area contributed by atoms with E-state index in [0.29, 0.717) is 17.3 Å².